The van der Waals surface area contributed by atoms with Crippen LogP contribution in [0.4, 0.5) is 0 Å². The van der Waals surface area contributed by atoms with Crippen LogP contribution in [0.25, 0.3) is 0 Å². The molecule has 0 spiro atoms. The molecule has 2 fully saturated rings. The van der Waals surface area contributed by atoms with Gasteiger partial charge < -0.3 is 19.4 Å². The van der Waals surface area contributed by atoms with Crippen LogP contribution in [0.2, 0.25) is 0 Å². The van der Waals surface area contributed by atoms with Crippen LogP contribution < -0.4 is 4.74 Å². The fourth-order valence-corrected chi connectivity index (χ4v) is 4.45. The summed E-state index contributed by atoms with van der Waals surface area (Å²) in [6.45, 7) is 9.38. The predicted octanol–water partition coefficient (Wildman–Crippen LogP) is 2.88. The topological polar surface area (TPSA) is 53.1 Å². The SMILES string of the molecule is CC(C)CC(=O)N1CCCC(COc2ccccc2)(CC(=O)N2CCN(C)CC2)C1. The van der Waals surface area contributed by atoms with Crippen molar-refractivity contribution in [3.8, 4) is 5.75 Å². The van der Waals surface area contributed by atoms with Gasteiger partial charge in [-0.1, -0.05) is 32.0 Å². The zero-order chi connectivity index (χ0) is 21.6. The standard InChI is InChI=1S/C24H37N3O3/c1-20(2)16-22(28)27-11-7-10-24(18-27,19-30-21-8-5-4-6-9-21)17-23(29)26-14-12-25(3)13-15-26/h4-6,8-9,20H,7,10-19H2,1-3H3. The zero-order valence-electron chi connectivity index (χ0n) is 18.8. The van der Waals surface area contributed by atoms with E-state index in [4.69, 9.17) is 4.74 Å². The van der Waals surface area contributed by atoms with E-state index in [1.54, 1.807) is 0 Å². The molecule has 1 aromatic rings. The van der Waals surface area contributed by atoms with Gasteiger partial charge in [-0.05, 0) is 37.9 Å². The maximum atomic E-state index is 13.2. The molecule has 0 aliphatic carbocycles. The summed E-state index contributed by atoms with van der Waals surface area (Å²) in [5.41, 5.74) is -0.332. The number of likely N-dealkylation sites (N-methyl/N-ethyl adjacent to an activating group) is 1. The summed E-state index contributed by atoms with van der Waals surface area (Å²) < 4.78 is 6.15. The van der Waals surface area contributed by atoms with Crippen molar-refractivity contribution in [1.82, 2.24) is 14.7 Å². The Morgan fingerprint density at radius 2 is 1.70 bits per heavy atom. The van der Waals surface area contributed by atoms with Crippen LogP contribution in [0, 0.1) is 11.3 Å². The lowest BCUT2D eigenvalue weighted by atomic mass is 9.77. The number of piperidine rings is 1. The van der Waals surface area contributed by atoms with Gasteiger partial charge in [0.25, 0.3) is 0 Å². The van der Waals surface area contributed by atoms with Crippen molar-refractivity contribution < 1.29 is 14.3 Å². The van der Waals surface area contributed by atoms with Gasteiger partial charge in [0.2, 0.25) is 11.8 Å². The van der Waals surface area contributed by atoms with E-state index in [1.165, 1.54) is 0 Å². The number of benzene rings is 1. The lowest BCUT2D eigenvalue weighted by Crippen LogP contribution is -2.53. The van der Waals surface area contributed by atoms with Crippen LogP contribution in [0.3, 0.4) is 0 Å². The van der Waals surface area contributed by atoms with E-state index in [0.29, 0.717) is 31.9 Å². The number of hydrogen-bond donors (Lipinski definition) is 0. The first-order valence-corrected chi connectivity index (χ1v) is 11.3. The number of rotatable bonds is 7. The quantitative estimate of drug-likeness (QED) is 0.687. The Labute approximate surface area is 181 Å². The Morgan fingerprint density at radius 1 is 1.00 bits per heavy atom. The van der Waals surface area contributed by atoms with Crippen LogP contribution in [0.5, 0.6) is 5.75 Å². The average molecular weight is 416 g/mol. The highest BCUT2D eigenvalue weighted by Gasteiger charge is 2.41. The van der Waals surface area contributed by atoms with E-state index in [2.05, 4.69) is 25.8 Å². The molecular formula is C24H37N3O3. The number of hydrogen-bond acceptors (Lipinski definition) is 4. The molecule has 166 valence electrons. The third-order valence-corrected chi connectivity index (χ3v) is 6.27. The maximum Gasteiger partial charge on any atom is 0.223 e. The Bertz CT molecular complexity index is 701. The Balaban J connectivity index is 1.72. The molecule has 1 atom stereocenters. The second-order valence-electron chi connectivity index (χ2n) is 9.48. The molecule has 0 N–H and O–H groups in total. The lowest BCUT2D eigenvalue weighted by Gasteiger charge is -2.44. The molecule has 6 nitrogen and oxygen atoms in total. The fourth-order valence-electron chi connectivity index (χ4n) is 4.45. The minimum atomic E-state index is -0.332. The molecule has 0 aromatic heterocycles. The van der Waals surface area contributed by atoms with Crippen molar-refractivity contribution in [3.63, 3.8) is 0 Å². The summed E-state index contributed by atoms with van der Waals surface area (Å²) in [5, 5.41) is 0. The zero-order valence-corrected chi connectivity index (χ0v) is 18.8. The van der Waals surface area contributed by atoms with Gasteiger partial charge in [0, 0.05) is 57.5 Å². The van der Waals surface area contributed by atoms with Crippen LogP contribution >= 0.6 is 0 Å². The van der Waals surface area contributed by atoms with E-state index in [9.17, 15) is 9.59 Å². The van der Waals surface area contributed by atoms with Crippen molar-refractivity contribution >= 4 is 11.8 Å². The van der Waals surface area contributed by atoms with Gasteiger partial charge in [0.05, 0.1) is 6.61 Å². The molecule has 2 aliphatic heterocycles. The molecule has 0 radical (unpaired) electrons. The second kappa shape index (κ2) is 10.3. The number of amides is 2. The van der Waals surface area contributed by atoms with Gasteiger partial charge in [-0.15, -0.1) is 0 Å². The van der Waals surface area contributed by atoms with Gasteiger partial charge in [-0.2, -0.15) is 0 Å². The molecule has 2 heterocycles. The summed E-state index contributed by atoms with van der Waals surface area (Å²) in [6, 6.07) is 9.76. The smallest absolute Gasteiger partial charge is 0.223 e. The maximum absolute atomic E-state index is 13.2. The normalized spacial score (nSPS) is 22.9. The first kappa shape index (κ1) is 22.6. The minimum Gasteiger partial charge on any atom is -0.493 e. The van der Waals surface area contributed by atoms with Crippen molar-refractivity contribution in [1.29, 1.82) is 0 Å². The van der Waals surface area contributed by atoms with Crippen molar-refractivity contribution in [2.75, 3.05) is 52.9 Å². The molecule has 1 unspecified atom stereocenters. The highest BCUT2D eigenvalue weighted by atomic mass is 16.5. The molecule has 30 heavy (non-hydrogen) atoms. The Kier molecular flexibility index (Phi) is 7.75. The molecule has 2 aliphatic rings. The monoisotopic (exact) mass is 415 g/mol. The number of carbonyl (C=O) groups excluding carboxylic acids is 2. The van der Waals surface area contributed by atoms with Crippen molar-refractivity contribution in [2.24, 2.45) is 11.3 Å². The summed E-state index contributed by atoms with van der Waals surface area (Å²) >= 11 is 0. The molecule has 6 heteroatoms. The molecular weight excluding hydrogens is 378 g/mol. The van der Waals surface area contributed by atoms with E-state index >= 15 is 0 Å². The van der Waals surface area contributed by atoms with Crippen LogP contribution in [-0.4, -0.2) is 79.4 Å². The Morgan fingerprint density at radius 3 is 2.37 bits per heavy atom. The van der Waals surface area contributed by atoms with Gasteiger partial charge in [-0.3, -0.25) is 9.59 Å². The van der Waals surface area contributed by atoms with Gasteiger partial charge >= 0.3 is 0 Å². The summed E-state index contributed by atoms with van der Waals surface area (Å²) in [7, 11) is 2.09. The van der Waals surface area contributed by atoms with Crippen LogP contribution in [0.1, 0.15) is 39.5 Å². The first-order chi connectivity index (χ1) is 14.4. The number of carbonyl (C=O) groups is 2. The highest BCUT2D eigenvalue weighted by molar-refractivity contribution is 5.78. The summed E-state index contributed by atoms with van der Waals surface area (Å²) in [5.74, 6) is 1.54. The molecule has 3 rings (SSSR count). The minimum absolute atomic E-state index is 0.193. The molecule has 2 amide bonds. The fraction of sp³-hybridized carbons (Fsp3) is 0.667. The second-order valence-corrected chi connectivity index (χ2v) is 9.48. The van der Waals surface area contributed by atoms with E-state index < -0.39 is 0 Å². The van der Waals surface area contributed by atoms with E-state index in [1.807, 2.05) is 40.1 Å². The highest BCUT2D eigenvalue weighted by Crippen LogP contribution is 2.36. The first-order valence-electron chi connectivity index (χ1n) is 11.3. The van der Waals surface area contributed by atoms with Crippen molar-refractivity contribution in [3.05, 3.63) is 30.3 Å². The van der Waals surface area contributed by atoms with Crippen LogP contribution in [0.15, 0.2) is 30.3 Å². The van der Waals surface area contributed by atoms with E-state index in [-0.39, 0.29) is 17.2 Å². The predicted molar refractivity (Wildman–Crippen MR) is 118 cm³/mol. The molecule has 2 saturated heterocycles. The van der Waals surface area contributed by atoms with Gasteiger partial charge in [0.1, 0.15) is 5.75 Å². The van der Waals surface area contributed by atoms with E-state index in [0.717, 1.165) is 51.3 Å². The van der Waals surface area contributed by atoms with Gasteiger partial charge in [0.15, 0.2) is 0 Å². The number of ether oxygens (including phenoxy) is 1. The number of likely N-dealkylation sites (tertiary alicyclic amines) is 1. The summed E-state index contributed by atoms with van der Waals surface area (Å²) in [4.78, 5) is 32.2. The van der Waals surface area contributed by atoms with Gasteiger partial charge in [-0.25, -0.2) is 0 Å². The van der Waals surface area contributed by atoms with Crippen LogP contribution in [-0.2, 0) is 9.59 Å². The van der Waals surface area contributed by atoms with Crippen molar-refractivity contribution in [2.45, 2.75) is 39.5 Å². The number of para-hydroxylation sites is 1. The average Bonchev–Trinajstić information content (AvgIpc) is 2.73. The molecule has 1 aromatic carbocycles. The Hall–Kier alpha value is -2.08. The molecule has 0 saturated carbocycles. The third kappa shape index (κ3) is 6.21. The summed E-state index contributed by atoms with van der Waals surface area (Å²) in [6.07, 6.45) is 2.82. The largest absolute Gasteiger partial charge is 0.493 e. The third-order valence-electron chi connectivity index (χ3n) is 6.27. The lowest BCUT2D eigenvalue weighted by molar-refractivity contribution is -0.142. The number of nitrogens with zero attached hydrogens (tertiary/aromatic N) is 3. The molecule has 0 bridgehead atoms. The number of piperazine rings is 1.